The number of nitrogens with two attached hydrogens (primary N) is 2. The minimum absolute atomic E-state index is 0.0191. The number of piperazine rings is 2. The molecule has 0 aliphatic carbocycles. The average molecular weight is 1170 g/mol. The van der Waals surface area contributed by atoms with Crippen molar-refractivity contribution in [3.05, 3.63) is 108 Å². The van der Waals surface area contributed by atoms with Crippen LogP contribution < -0.4 is 50.7 Å². The number of hydrogen-bond donors (Lipinski definition) is 6. The molecular formula is C57H76BClN12O12. The summed E-state index contributed by atoms with van der Waals surface area (Å²) in [7, 11) is -0.0223. The van der Waals surface area contributed by atoms with Crippen molar-refractivity contribution >= 4 is 58.6 Å². The summed E-state index contributed by atoms with van der Waals surface area (Å²) in [5, 5.41) is 52.1. The van der Waals surface area contributed by atoms with E-state index in [0.717, 1.165) is 91.4 Å². The fourth-order valence-corrected chi connectivity index (χ4v) is 10.9. The van der Waals surface area contributed by atoms with Gasteiger partial charge in [-0.3, -0.25) is 0 Å². The number of pyridine rings is 2. The summed E-state index contributed by atoms with van der Waals surface area (Å²) in [4.78, 5) is 18.3. The molecule has 2 aromatic carbocycles. The lowest BCUT2D eigenvalue weighted by atomic mass is 9.80. The number of ether oxygens (including phenoxy) is 8. The fourth-order valence-electron chi connectivity index (χ4n) is 10.7. The van der Waals surface area contributed by atoms with Crippen molar-refractivity contribution < 1.29 is 58.2 Å². The van der Waals surface area contributed by atoms with Crippen LogP contribution in [0.15, 0.2) is 97.3 Å². The number of nitrogens with zero attached hydrogens (tertiary/aromatic N) is 10. The van der Waals surface area contributed by atoms with Crippen molar-refractivity contribution in [1.82, 2.24) is 30.4 Å². The number of anilines is 6. The molecule has 4 saturated heterocycles. The quantitative estimate of drug-likeness (QED) is 0.0245. The second kappa shape index (κ2) is 32.2. The lowest BCUT2D eigenvalue weighted by Crippen LogP contribution is -2.54. The number of aliphatic hydroxyl groups is 2. The van der Waals surface area contributed by atoms with Gasteiger partial charge < -0.3 is 89.2 Å². The van der Waals surface area contributed by atoms with Gasteiger partial charge in [-0.1, -0.05) is 54.1 Å². The molecule has 0 saturated carbocycles. The van der Waals surface area contributed by atoms with Crippen LogP contribution in [-0.4, -0.2) is 201 Å². The summed E-state index contributed by atoms with van der Waals surface area (Å²) in [5.74, 6) is 2.47. The van der Waals surface area contributed by atoms with Crippen molar-refractivity contribution in [3.63, 3.8) is 0 Å². The average Bonchev–Trinajstić information content (AvgIpc) is 3.07. The number of rotatable bonds is 27. The molecule has 83 heavy (non-hydrogen) atoms. The standard InChI is InChI=1S/C28H36N6O4.C21H29ClN6O4.C8H11BO4/c1-20-4-2-3-5-24(20)25-17-26(28(29)32-31-25)33-18-22-6-7-23(19-33)34(22)21-8-9-30-27(16-21)38-15-14-37-13-12-36-11-10-35;22-19-12-18(21(23)26-25-19)27-13-16-1-2-17(14-27)28(16)15-3-4-24-20(11-15)32-10-9-31-8-7-30-6-5-29;1-12-6-13-8-5-3-2-4-7(8)9(10)11/h2-5,8-9,16-17,22-23,35H,6-7,10-15,18-19H2,1H3,(H2,29,32);3-4,11-12,16-17,29H,1-2,5-10,13-14H2,(H2,23,26);2-5,10-11H,6H2,1H3. The molecule has 4 aliphatic heterocycles. The normalized spacial score (nSPS) is 17.8. The Morgan fingerprint density at radius 2 is 1.04 bits per heavy atom. The van der Waals surface area contributed by atoms with Gasteiger partial charge in [-0.05, 0) is 62.4 Å². The van der Waals surface area contributed by atoms with Gasteiger partial charge in [-0.25, -0.2) is 9.97 Å². The number of halogens is 1. The van der Waals surface area contributed by atoms with Gasteiger partial charge in [0.15, 0.2) is 23.6 Å². The zero-order valence-corrected chi connectivity index (χ0v) is 47.8. The molecule has 4 atom stereocenters. The van der Waals surface area contributed by atoms with E-state index in [1.165, 1.54) is 7.11 Å². The Bertz CT molecular complexity index is 2900. The van der Waals surface area contributed by atoms with Crippen molar-refractivity contribution in [2.24, 2.45) is 0 Å². The zero-order valence-electron chi connectivity index (χ0n) is 47.0. The van der Waals surface area contributed by atoms with Crippen LogP contribution in [0, 0.1) is 6.92 Å². The Morgan fingerprint density at radius 1 is 0.566 bits per heavy atom. The van der Waals surface area contributed by atoms with Gasteiger partial charge in [-0.15, -0.1) is 20.4 Å². The van der Waals surface area contributed by atoms with Crippen LogP contribution in [0.4, 0.5) is 34.4 Å². The third kappa shape index (κ3) is 17.6. The van der Waals surface area contributed by atoms with Gasteiger partial charge in [0.25, 0.3) is 0 Å². The highest BCUT2D eigenvalue weighted by atomic mass is 35.5. The summed E-state index contributed by atoms with van der Waals surface area (Å²) in [6.45, 7) is 9.84. The Kier molecular flexibility index (Phi) is 24.1. The number of hydrogen-bond acceptors (Lipinski definition) is 24. The van der Waals surface area contributed by atoms with Gasteiger partial charge in [0, 0.05) is 110 Å². The summed E-state index contributed by atoms with van der Waals surface area (Å²) >= 11 is 6.04. The number of benzene rings is 2. The number of methoxy groups -OCH3 is 1. The molecule has 4 unspecified atom stereocenters. The Labute approximate surface area is 489 Å². The van der Waals surface area contributed by atoms with Crippen LogP contribution in [-0.2, 0) is 23.7 Å². The molecule has 24 nitrogen and oxygen atoms in total. The van der Waals surface area contributed by atoms with E-state index >= 15 is 0 Å². The van der Waals surface area contributed by atoms with Crippen LogP contribution in [0.25, 0.3) is 11.3 Å². The molecule has 26 heteroatoms. The van der Waals surface area contributed by atoms with Gasteiger partial charge in [0.2, 0.25) is 11.8 Å². The van der Waals surface area contributed by atoms with Crippen LogP contribution in [0.3, 0.4) is 0 Å². The maximum Gasteiger partial charge on any atom is 0.492 e. The summed E-state index contributed by atoms with van der Waals surface area (Å²) in [6, 6.07) is 28.3. The second-order valence-electron chi connectivity index (χ2n) is 19.9. The minimum Gasteiger partial charge on any atom is -0.475 e. The number of aromatic nitrogens is 6. The minimum atomic E-state index is -1.52. The fraction of sp³-hybridized carbons (Fsp3) is 0.474. The monoisotopic (exact) mass is 1170 g/mol. The SMILES string of the molecule is COCOc1ccccc1B(O)O.Cc1ccccc1-c1cc(N2CC3CCC(C2)N3c2ccnc(OCCOCCOCCO)c2)c(N)nn1.Nc1nnc(Cl)cc1N1CC2CCC(C1)N2c1ccnc(OCCOCCOCCO)c1. The zero-order chi connectivity index (χ0) is 58.3. The van der Waals surface area contributed by atoms with Gasteiger partial charge in [0.05, 0.1) is 83.1 Å². The molecule has 4 fully saturated rings. The maximum absolute atomic E-state index is 8.94. The van der Waals surface area contributed by atoms with Crippen LogP contribution in [0.1, 0.15) is 31.2 Å². The maximum atomic E-state index is 8.94. The highest BCUT2D eigenvalue weighted by Crippen LogP contribution is 2.40. The van der Waals surface area contributed by atoms with Crippen molar-refractivity contribution in [2.45, 2.75) is 56.8 Å². The molecule has 8 N–H and O–H groups in total. The van der Waals surface area contributed by atoms with Crippen LogP contribution in [0.2, 0.25) is 5.15 Å². The first-order chi connectivity index (χ1) is 40.5. The largest absolute Gasteiger partial charge is 0.492 e. The first-order valence-corrected chi connectivity index (χ1v) is 28.2. The number of para-hydroxylation sites is 1. The predicted molar refractivity (Wildman–Crippen MR) is 317 cm³/mol. The first-order valence-electron chi connectivity index (χ1n) is 27.9. The second-order valence-corrected chi connectivity index (χ2v) is 20.3. The van der Waals surface area contributed by atoms with Crippen molar-refractivity contribution in [2.75, 3.05) is 150 Å². The Morgan fingerprint density at radius 3 is 1.54 bits per heavy atom. The van der Waals surface area contributed by atoms with Gasteiger partial charge >= 0.3 is 7.12 Å². The smallest absolute Gasteiger partial charge is 0.475 e. The molecule has 0 spiro atoms. The lowest BCUT2D eigenvalue weighted by Gasteiger charge is -2.43. The molecular weight excluding hydrogens is 1090 g/mol. The Balaban J connectivity index is 0.000000181. The Hall–Kier alpha value is -6.91. The first kappa shape index (κ1) is 62.1. The van der Waals surface area contributed by atoms with E-state index in [1.54, 1.807) is 42.7 Å². The van der Waals surface area contributed by atoms with E-state index < -0.39 is 7.12 Å². The molecule has 446 valence electrons. The number of nitrogen functional groups attached to an aromatic ring is 2. The van der Waals surface area contributed by atoms with Crippen molar-refractivity contribution in [3.8, 4) is 28.8 Å². The third-order valence-electron chi connectivity index (χ3n) is 14.4. The summed E-state index contributed by atoms with van der Waals surface area (Å²) < 4.78 is 42.7. The molecule has 4 aromatic heterocycles. The highest BCUT2D eigenvalue weighted by Gasteiger charge is 2.42. The predicted octanol–water partition coefficient (Wildman–Crippen LogP) is 3.41. The molecule has 6 aromatic rings. The molecule has 0 radical (unpaired) electrons. The van der Waals surface area contributed by atoms with E-state index in [1.807, 2.05) is 30.3 Å². The van der Waals surface area contributed by atoms with Gasteiger partial charge in [0.1, 0.15) is 19.0 Å². The molecule has 4 aliphatic rings. The van der Waals surface area contributed by atoms with Crippen LogP contribution in [0.5, 0.6) is 17.5 Å². The lowest BCUT2D eigenvalue weighted by molar-refractivity contribution is 0.0243. The highest BCUT2D eigenvalue weighted by molar-refractivity contribution is 6.59. The topological polar surface area (TPSA) is 297 Å². The van der Waals surface area contributed by atoms with E-state index in [0.29, 0.717) is 130 Å². The molecule has 8 heterocycles. The van der Waals surface area contributed by atoms with E-state index in [2.05, 4.69) is 81.2 Å². The third-order valence-corrected chi connectivity index (χ3v) is 14.6. The van der Waals surface area contributed by atoms with Crippen LogP contribution >= 0.6 is 11.6 Å². The van der Waals surface area contributed by atoms with Gasteiger partial charge in [-0.2, -0.15) is 0 Å². The number of fused-ring (bicyclic) bond motifs is 4. The summed E-state index contributed by atoms with van der Waals surface area (Å²) in [5.41, 5.74) is 19.8. The van der Waals surface area contributed by atoms with E-state index in [9.17, 15) is 0 Å². The molecule has 4 bridgehead atoms. The van der Waals surface area contributed by atoms with E-state index in [-0.39, 0.29) is 20.0 Å². The molecule has 10 rings (SSSR count). The molecule has 0 amide bonds. The number of aryl methyl sites for hydroxylation is 1. The van der Waals surface area contributed by atoms with E-state index in [4.69, 9.17) is 81.2 Å². The number of aliphatic hydroxyl groups excluding tert-OH is 2. The summed E-state index contributed by atoms with van der Waals surface area (Å²) in [6.07, 6.45) is 8.05. The van der Waals surface area contributed by atoms with Crippen molar-refractivity contribution in [1.29, 1.82) is 0 Å².